The second-order valence-corrected chi connectivity index (χ2v) is 4.73. The summed E-state index contributed by atoms with van der Waals surface area (Å²) in [5.74, 6) is -1.01. The average Bonchev–Trinajstić information content (AvgIpc) is 2.47. The number of nitrogens with zero attached hydrogens (tertiary/aromatic N) is 2. The number of hydrogen-bond acceptors (Lipinski definition) is 6. The van der Waals surface area contributed by atoms with Gasteiger partial charge in [0.2, 0.25) is 0 Å². The number of benzene rings is 1. The summed E-state index contributed by atoms with van der Waals surface area (Å²) >= 11 is 0. The highest BCUT2D eigenvalue weighted by molar-refractivity contribution is 5.83. The molecule has 0 amide bonds. The van der Waals surface area contributed by atoms with Crippen LogP contribution in [0.2, 0.25) is 0 Å². The van der Waals surface area contributed by atoms with Crippen molar-refractivity contribution < 1.29 is 19.6 Å². The van der Waals surface area contributed by atoms with Gasteiger partial charge in [-0.2, -0.15) is 5.26 Å². The SMILES string of the molecule is N#Cc1cc(NC2(C(=O)O)CCOCC2)ccc1[N+](=O)[O-]. The van der Waals surface area contributed by atoms with Crippen molar-refractivity contribution in [1.29, 1.82) is 5.26 Å². The van der Waals surface area contributed by atoms with Crippen LogP contribution >= 0.6 is 0 Å². The molecule has 1 aromatic rings. The quantitative estimate of drug-likeness (QED) is 0.636. The first-order valence-corrected chi connectivity index (χ1v) is 6.26. The minimum absolute atomic E-state index is 0.113. The summed E-state index contributed by atoms with van der Waals surface area (Å²) < 4.78 is 5.16. The molecule has 0 aromatic heterocycles. The fourth-order valence-electron chi connectivity index (χ4n) is 2.25. The smallest absolute Gasteiger partial charge is 0.329 e. The van der Waals surface area contributed by atoms with Crippen molar-refractivity contribution >= 4 is 17.3 Å². The van der Waals surface area contributed by atoms with Gasteiger partial charge >= 0.3 is 5.97 Å². The van der Waals surface area contributed by atoms with Crippen LogP contribution in [0.15, 0.2) is 18.2 Å². The molecular formula is C13H13N3O5. The van der Waals surface area contributed by atoms with Crippen LogP contribution in [0.4, 0.5) is 11.4 Å². The van der Waals surface area contributed by atoms with Crippen molar-refractivity contribution in [3.63, 3.8) is 0 Å². The van der Waals surface area contributed by atoms with Crippen LogP contribution in [0, 0.1) is 21.4 Å². The number of nitriles is 1. The van der Waals surface area contributed by atoms with E-state index in [0.717, 1.165) is 0 Å². The number of hydrogen-bond donors (Lipinski definition) is 2. The molecule has 110 valence electrons. The average molecular weight is 291 g/mol. The lowest BCUT2D eigenvalue weighted by molar-refractivity contribution is -0.385. The van der Waals surface area contributed by atoms with E-state index in [0.29, 0.717) is 18.9 Å². The molecule has 21 heavy (non-hydrogen) atoms. The maximum Gasteiger partial charge on any atom is 0.329 e. The van der Waals surface area contributed by atoms with Crippen molar-refractivity contribution in [3.05, 3.63) is 33.9 Å². The molecule has 0 spiro atoms. The second kappa shape index (κ2) is 5.76. The van der Waals surface area contributed by atoms with Gasteiger partial charge < -0.3 is 15.2 Å². The van der Waals surface area contributed by atoms with Crippen molar-refractivity contribution in [1.82, 2.24) is 0 Å². The Morgan fingerprint density at radius 2 is 2.14 bits per heavy atom. The van der Waals surface area contributed by atoms with Crippen molar-refractivity contribution in [2.45, 2.75) is 18.4 Å². The number of nitro groups is 1. The number of rotatable bonds is 4. The molecule has 0 saturated carbocycles. The molecule has 1 aromatic carbocycles. The lowest BCUT2D eigenvalue weighted by Gasteiger charge is -2.34. The van der Waals surface area contributed by atoms with E-state index >= 15 is 0 Å². The highest BCUT2D eigenvalue weighted by Gasteiger charge is 2.40. The summed E-state index contributed by atoms with van der Waals surface area (Å²) in [5.41, 5.74) is -1.24. The lowest BCUT2D eigenvalue weighted by Crippen LogP contribution is -2.50. The van der Waals surface area contributed by atoms with Crippen LogP contribution < -0.4 is 5.32 Å². The predicted octanol–water partition coefficient (Wildman–Crippen LogP) is 1.51. The number of carboxylic acids is 1. The molecule has 1 aliphatic rings. The van der Waals surface area contributed by atoms with Crippen LogP contribution in [-0.4, -0.2) is 34.8 Å². The maximum atomic E-state index is 11.5. The monoisotopic (exact) mass is 291 g/mol. The molecule has 0 aliphatic carbocycles. The Bertz CT molecular complexity index is 617. The minimum atomic E-state index is -1.18. The van der Waals surface area contributed by atoms with Gasteiger partial charge in [0.05, 0.1) is 4.92 Å². The van der Waals surface area contributed by atoms with Crippen molar-refractivity contribution in [2.24, 2.45) is 0 Å². The van der Waals surface area contributed by atoms with Gasteiger partial charge in [-0.15, -0.1) is 0 Å². The van der Waals surface area contributed by atoms with E-state index in [4.69, 9.17) is 10.00 Å². The van der Waals surface area contributed by atoms with Crippen LogP contribution in [0.25, 0.3) is 0 Å². The second-order valence-electron chi connectivity index (χ2n) is 4.73. The molecule has 0 bridgehead atoms. The highest BCUT2D eigenvalue weighted by Crippen LogP contribution is 2.29. The molecule has 1 aliphatic heterocycles. The van der Waals surface area contributed by atoms with Crippen LogP contribution in [0.3, 0.4) is 0 Å². The molecule has 2 rings (SSSR count). The van der Waals surface area contributed by atoms with Gasteiger partial charge in [0, 0.05) is 37.8 Å². The van der Waals surface area contributed by atoms with E-state index < -0.39 is 16.4 Å². The van der Waals surface area contributed by atoms with E-state index in [1.807, 2.05) is 0 Å². The lowest BCUT2D eigenvalue weighted by atomic mass is 9.89. The first-order valence-electron chi connectivity index (χ1n) is 6.26. The molecule has 8 nitrogen and oxygen atoms in total. The fourth-order valence-corrected chi connectivity index (χ4v) is 2.25. The van der Waals surface area contributed by atoms with Gasteiger partial charge in [-0.1, -0.05) is 0 Å². The summed E-state index contributed by atoms with van der Waals surface area (Å²) in [7, 11) is 0. The number of ether oxygens (including phenoxy) is 1. The Hall–Kier alpha value is -2.66. The number of carboxylic acid groups (broad SMARTS) is 1. The molecule has 2 N–H and O–H groups in total. The molecule has 1 saturated heterocycles. The zero-order chi connectivity index (χ0) is 15.5. The van der Waals surface area contributed by atoms with E-state index in [1.54, 1.807) is 6.07 Å². The molecule has 0 radical (unpaired) electrons. The van der Waals surface area contributed by atoms with Crippen LogP contribution in [0.5, 0.6) is 0 Å². The van der Waals surface area contributed by atoms with E-state index in [-0.39, 0.29) is 24.1 Å². The Morgan fingerprint density at radius 1 is 1.48 bits per heavy atom. The van der Waals surface area contributed by atoms with Gasteiger partial charge in [0.25, 0.3) is 5.69 Å². The minimum Gasteiger partial charge on any atom is -0.480 e. The Balaban J connectivity index is 2.32. The van der Waals surface area contributed by atoms with E-state index in [2.05, 4.69) is 5.32 Å². The zero-order valence-electron chi connectivity index (χ0n) is 11.0. The summed E-state index contributed by atoms with van der Waals surface area (Å²) in [4.78, 5) is 21.6. The van der Waals surface area contributed by atoms with E-state index in [1.165, 1.54) is 18.2 Å². The van der Waals surface area contributed by atoms with E-state index in [9.17, 15) is 20.0 Å². The molecule has 8 heteroatoms. The van der Waals surface area contributed by atoms with Gasteiger partial charge in [0.1, 0.15) is 17.2 Å². The Labute approximate surface area is 120 Å². The van der Waals surface area contributed by atoms with Gasteiger partial charge in [-0.25, -0.2) is 4.79 Å². The van der Waals surface area contributed by atoms with Crippen molar-refractivity contribution in [2.75, 3.05) is 18.5 Å². The number of nitro benzene ring substituents is 1. The maximum absolute atomic E-state index is 11.5. The van der Waals surface area contributed by atoms with Crippen molar-refractivity contribution in [3.8, 4) is 6.07 Å². The number of nitrogens with one attached hydrogen (secondary N) is 1. The largest absolute Gasteiger partial charge is 0.480 e. The molecule has 1 fully saturated rings. The zero-order valence-corrected chi connectivity index (χ0v) is 11.0. The standard InChI is InChI=1S/C13H13N3O5/c14-8-9-7-10(1-2-11(9)16(19)20)15-13(12(17)18)3-5-21-6-4-13/h1-2,7,15H,3-6H2,(H,17,18). The molecule has 1 heterocycles. The Kier molecular flexibility index (Phi) is 4.05. The molecular weight excluding hydrogens is 278 g/mol. The highest BCUT2D eigenvalue weighted by atomic mass is 16.6. The predicted molar refractivity (Wildman–Crippen MR) is 71.9 cm³/mol. The number of anilines is 1. The molecule has 0 unspecified atom stereocenters. The van der Waals surface area contributed by atoms with Gasteiger partial charge in [0.15, 0.2) is 0 Å². The third kappa shape index (κ3) is 2.93. The summed E-state index contributed by atoms with van der Waals surface area (Å²) in [6.45, 7) is 0.634. The first-order chi connectivity index (χ1) is 9.98. The van der Waals surface area contributed by atoms with Gasteiger partial charge in [-0.3, -0.25) is 10.1 Å². The summed E-state index contributed by atoms with van der Waals surface area (Å²) in [5, 5.41) is 32.0. The Morgan fingerprint density at radius 3 is 2.67 bits per heavy atom. The summed E-state index contributed by atoms with van der Waals surface area (Å²) in [6, 6.07) is 5.62. The van der Waals surface area contributed by atoms with Crippen LogP contribution in [0.1, 0.15) is 18.4 Å². The third-order valence-corrected chi connectivity index (χ3v) is 3.45. The normalized spacial score (nSPS) is 16.7. The summed E-state index contributed by atoms with van der Waals surface area (Å²) in [6.07, 6.45) is 0.558. The van der Waals surface area contributed by atoms with Gasteiger partial charge in [-0.05, 0) is 12.1 Å². The number of aliphatic carboxylic acids is 1. The number of carbonyl (C=O) groups is 1. The van der Waals surface area contributed by atoms with Crippen LogP contribution in [-0.2, 0) is 9.53 Å². The first kappa shape index (κ1) is 14.7. The fraction of sp³-hybridized carbons (Fsp3) is 0.385. The third-order valence-electron chi connectivity index (χ3n) is 3.45. The molecule has 0 atom stereocenters. The topological polar surface area (TPSA) is 125 Å².